The molecule has 5 heterocycles. The lowest BCUT2D eigenvalue weighted by Crippen LogP contribution is -2.04. The van der Waals surface area contributed by atoms with Crippen LogP contribution in [0.2, 0.25) is 0 Å². The van der Waals surface area contributed by atoms with Crippen molar-refractivity contribution in [1.29, 1.82) is 0 Å². The van der Waals surface area contributed by atoms with Crippen molar-refractivity contribution in [2.45, 2.75) is 94.9 Å². The lowest BCUT2D eigenvalue weighted by Gasteiger charge is -2.15. The van der Waals surface area contributed by atoms with Crippen molar-refractivity contribution in [3.05, 3.63) is 506 Å². The summed E-state index contributed by atoms with van der Waals surface area (Å²) in [6.07, 6.45) is 6.32. The lowest BCUT2D eigenvalue weighted by molar-refractivity contribution is 0.0979. The van der Waals surface area contributed by atoms with Crippen molar-refractivity contribution < 1.29 is 4.79 Å². The minimum absolute atomic E-state index is 0. The fourth-order valence-electron chi connectivity index (χ4n) is 16.8. The second-order valence-electron chi connectivity index (χ2n) is 33.3. The highest BCUT2D eigenvalue weighted by molar-refractivity contribution is 9.93. The molecule has 0 N–H and O–H groups in total. The Morgan fingerprint density at radius 2 is 0.431 bits per heavy atom. The van der Waals surface area contributed by atoms with Crippen molar-refractivity contribution in [1.82, 2.24) is 22.8 Å². The van der Waals surface area contributed by atoms with Gasteiger partial charge in [0.05, 0.1) is 65.9 Å². The fraction of sp³-hybridized carbons (Fsp3) is 0.112. The van der Waals surface area contributed by atoms with E-state index in [1.807, 2.05) is 24.3 Å². The molecule has 0 aliphatic carbocycles. The van der Waals surface area contributed by atoms with Crippen LogP contribution >= 0.6 is 92.0 Å². The van der Waals surface area contributed by atoms with E-state index >= 15 is 0 Å². The van der Waals surface area contributed by atoms with Gasteiger partial charge in [0.15, 0.2) is 5.78 Å². The number of carbonyl (C=O) groups excluding carboxylic acids is 1. The Kier molecular flexibility index (Phi) is 37.4. The topological polar surface area (TPSA) is 41.7 Å². The molecule has 0 aliphatic heterocycles. The van der Waals surface area contributed by atoms with Crippen molar-refractivity contribution >= 4 is 97.8 Å². The molecular formula is C125H113Br6N5O. The fourth-order valence-corrected chi connectivity index (χ4v) is 18.6. The maximum Gasteiger partial charge on any atom is 0.165 e. The summed E-state index contributed by atoms with van der Waals surface area (Å²) in [6.45, 7) is 12.8. The first-order valence-electron chi connectivity index (χ1n) is 45.6. The molecule has 0 radical (unpaired) electrons. The van der Waals surface area contributed by atoms with Crippen LogP contribution in [0.1, 0.15) is 98.5 Å². The Hall–Kier alpha value is -12.8. The number of rotatable bonds is 22. The van der Waals surface area contributed by atoms with Gasteiger partial charge in [-0.25, -0.2) is 0 Å². The summed E-state index contributed by atoms with van der Waals surface area (Å²) >= 11 is 20.3. The van der Waals surface area contributed by atoms with Crippen LogP contribution in [0, 0.1) is 34.6 Å². The third-order valence-corrected chi connectivity index (χ3v) is 26.9. The predicted octanol–water partition coefficient (Wildman–Crippen LogP) is 39.2. The molecule has 12 heteroatoms. The van der Waals surface area contributed by atoms with Crippen LogP contribution < -0.4 is 0 Å². The molecule has 0 fully saturated rings. The predicted molar refractivity (Wildman–Crippen MR) is 607 cm³/mol. The lowest BCUT2D eigenvalue weighted by atomic mass is 10.00. The number of carbonyl (C=O) groups is 1. The van der Waals surface area contributed by atoms with Gasteiger partial charge in [0.1, 0.15) is 0 Å². The first-order chi connectivity index (χ1) is 66.1. The molecule has 0 amide bonds. The van der Waals surface area contributed by atoms with Crippen LogP contribution in [0.4, 0.5) is 0 Å². The standard InChI is InChI=1S/C31H33NO.C23H15Br4N.3C23H19N.2CH4.Br2/c1-3-4-5-6-13-18-30(33)28-23-29(25-14-9-7-10-15-25)32(27-21-19-24(2)20-22-27)31(28)26-16-11-8-12-17-26;1-14-2-12-19(13-3-14)28-22(15-4-8-17(24)9-5-15)20(26)21(27)23(28)16-6-10-18(25)11-7-16;3*1-18-12-14-21(15-13-18)24-22(19-8-4-2-5-9-19)16-17-23(24)20-10-6-3-7-11-20;;;1-2/h7-12,14-17,19-23H,3-6,13,18H2,1-2H3;2-13H,1H3;3*2-17H,1H3;2*1H4;. The third kappa shape index (κ3) is 25.4. The summed E-state index contributed by atoms with van der Waals surface area (Å²) in [6, 6.07) is 159. The van der Waals surface area contributed by atoms with E-state index in [9.17, 15) is 4.79 Å². The number of ketones is 1. The Balaban J connectivity index is 0.000000144. The van der Waals surface area contributed by atoms with Crippen LogP contribution in [0.25, 0.3) is 141 Å². The molecule has 0 saturated carbocycles. The first-order valence-corrected chi connectivity index (χ1v) is 52.5. The average molecular weight is 2180 g/mol. The van der Waals surface area contributed by atoms with E-state index in [1.54, 1.807) is 0 Å². The Morgan fingerprint density at radius 3 is 0.679 bits per heavy atom. The van der Waals surface area contributed by atoms with Crippen molar-refractivity contribution in [2.24, 2.45) is 0 Å². The highest BCUT2D eigenvalue weighted by atomic mass is 80.9. The zero-order chi connectivity index (χ0) is 93.9. The van der Waals surface area contributed by atoms with Crippen LogP contribution in [0.5, 0.6) is 0 Å². The quantitative estimate of drug-likeness (QED) is 0.0492. The number of benzene rings is 15. The molecule has 0 spiro atoms. The van der Waals surface area contributed by atoms with Crippen LogP contribution in [0.15, 0.2) is 473 Å². The van der Waals surface area contributed by atoms with E-state index in [0.717, 1.165) is 92.7 Å². The molecule has 686 valence electrons. The summed E-state index contributed by atoms with van der Waals surface area (Å²) in [5, 5.41) is 0. The molecule has 0 unspecified atom stereocenters. The monoisotopic (exact) mass is 2170 g/mol. The maximum atomic E-state index is 13.5. The van der Waals surface area contributed by atoms with E-state index in [1.165, 1.54) is 132 Å². The van der Waals surface area contributed by atoms with Gasteiger partial charge in [0, 0.05) is 77.6 Å². The molecular weight excluding hydrogens is 2070 g/mol. The number of hydrogen-bond donors (Lipinski definition) is 0. The van der Waals surface area contributed by atoms with E-state index in [2.05, 4.69) is 587 Å². The van der Waals surface area contributed by atoms with Gasteiger partial charge in [0.25, 0.3) is 0 Å². The summed E-state index contributed by atoms with van der Waals surface area (Å²) in [5.41, 5.74) is 36.1. The Morgan fingerprint density at radius 1 is 0.219 bits per heavy atom. The highest BCUT2D eigenvalue weighted by Gasteiger charge is 2.27. The van der Waals surface area contributed by atoms with Crippen LogP contribution in [-0.4, -0.2) is 28.6 Å². The average Bonchev–Trinajstić information content (AvgIpc) is 1.59. The minimum Gasteiger partial charge on any atom is -0.309 e. The minimum atomic E-state index is 0. The van der Waals surface area contributed by atoms with Crippen molar-refractivity contribution in [3.63, 3.8) is 0 Å². The number of Topliss-reactive ketones (excluding diaryl/α,β-unsaturated/α-hetero) is 1. The smallest absolute Gasteiger partial charge is 0.165 e. The van der Waals surface area contributed by atoms with Crippen LogP contribution in [0.3, 0.4) is 0 Å². The van der Waals surface area contributed by atoms with Gasteiger partial charge >= 0.3 is 0 Å². The molecule has 0 aliphatic rings. The van der Waals surface area contributed by atoms with Gasteiger partial charge in [-0.15, -0.1) is 0 Å². The summed E-state index contributed by atoms with van der Waals surface area (Å²) in [5.74, 6) is 0.230. The van der Waals surface area contributed by atoms with Gasteiger partial charge in [-0.3, -0.25) is 4.79 Å². The van der Waals surface area contributed by atoms with Gasteiger partial charge in [-0.1, -0.05) is 435 Å². The number of aromatic nitrogens is 5. The molecule has 0 saturated heterocycles. The van der Waals surface area contributed by atoms with E-state index in [4.69, 9.17) is 0 Å². The largest absolute Gasteiger partial charge is 0.309 e. The van der Waals surface area contributed by atoms with Gasteiger partial charge in [-0.05, 0) is 256 Å². The van der Waals surface area contributed by atoms with E-state index in [0.29, 0.717) is 6.42 Å². The third-order valence-electron chi connectivity index (χ3n) is 23.7. The molecule has 20 rings (SSSR count). The SMILES string of the molecule is BrBr.C.C.CCCCCCCC(=O)c1cc(-c2ccccc2)n(-c2ccc(C)cc2)c1-c1ccccc1.Cc1ccc(-n2c(-c3ccc(Br)cc3)c(Br)c(Br)c2-c2ccc(Br)cc2)cc1.Cc1ccc(-n2c(-c3ccccc3)ccc2-c2ccccc2)cc1.Cc1ccc(-n2c(-c3ccccc3)ccc2-c2ccccc2)cc1.Cc1ccc(-n2c(-c3ccccc3)ccc2-c2ccccc2)cc1. The van der Waals surface area contributed by atoms with Gasteiger partial charge in [0.2, 0.25) is 0 Å². The highest BCUT2D eigenvalue weighted by Crippen LogP contribution is 2.47. The van der Waals surface area contributed by atoms with Crippen LogP contribution in [-0.2, 0) is 0 Å². The number of nitrogens with zero attached hydrogens (tertiary/aromatic N) is 5. The molecule has 0 atom stereocenters. The zero-order valence-electron chi connectivity index (χ0n) is 76.5. The second-order valence-corrected chi connectivity index (χ2v) is 36.7. The second kappa shape index (κ2) is 50.4. The summed E-state index contributed by atoms with van der Waals surface area (Å²) in [4.78, 5) is 13.5. The summed E-state index contributed by atoms with van der Waals surface area (Å²) in [7, 11) is 0. The first kappa shape index (κ1) is 102. The van der Waals surface area contributed by atoms with Gasteiger partial charge < -0.3 is 22.8 Å². The summed E-state index contributed by atoms with van der Waals surface area (Å²) < 4.78 is 15.8. The zero-order valence-corrected chi connectivity index (χ0v) is 86.0. The molecule has 5 aromatic heterocycles. The molecule has 6 nitrogen and oxygen atoms in total. The number of halogens is 6. The number of aryl methyl sites for hydroxylation is 5. The molecule has 0 bridgehead atoms. The maximum absolute atomic E-state index is 13.5. The Labute approximate surface area is 859 Å². The number of unbranched alkanes of at least 4 members (excludes halogenated alkanes) is 4. The molecule has 137 heavy (non-hydrogen) atoms. The number of hydrogen-bond acceptors (Lipinski definition) is 1. The normalized spacial score (nSPS) is 10.6. The van der Waals surface area contributed by atoms with E-state index < -0.39 is 0 Å². The van der Waals surface area contributed by atoms with Gasteiger partial charge in [-0.2, -0.15) is 0 Å². The molecule has 20 aromatic rings. The molecule has 15 aromatic carbocycles. The van der Waals surface area contributed by atoms with Crippen molar-refractivity contribution in [3.8, 4) is 141 Å². The van der Waals surface area contributed by atoms with E-state index in [-0.39, 0.29) is 20.6 Å². The van der Waals surface area contributed by atoms with Crippen molar-refractivity contribution in [2.75, 3.05) is 0 Å². The Bertz CT molecular complexity index is 6500.